The van der Waals surface area contributed by atoms with Crippen molar-refractivity contribution in [3.05, 3.63) is 82.7 Å². The van der Waals surface area contributed by atoms with Crippen LogP contribution in [-0.4, -0.2) is 35.9 Å². The van der Waals surface area contributed by atoms with Crippen LogP contribution in [0.1, 0.15) is 34.2 Å². The summed E-state index contributed by atoms with van der Waals surface area (Å²) in [5.41, 5.74) is 3.95. The Morgan fingerprint density at radius 3 is 2.43 bits per heavy atom. The van der Waals surface area contributed by atoms with Crippen molar-refractivity contribution in [3.8, 4) is 17.5 Å². The molecular weight excluding hydrogens is 446 g/mol. The maximum Gasteiger partial charge on any atom is 0.349 e. The first-order valence-electron chi connectivity index (χ1n) is 10.8. The Kier molecular flexibility index (Phi) is 7.85. The summed E-state index contributed by atoms with van der Waals surface area (Å²) in [6, 6.07) is 17.6. The number of methoxy groups -OCH3 is 1. The average molecular weight is 472 g/mol. The molecule has 0 bridgehead atoms. The number of anilines is 1. The molecule has 0 unspecified atom stereocenters. The fourth-order valence-electron chi connectivity index (χ4n) is 3.58. The molecule has 0 fully saturated rings. The minimum atomic E-state index is -0.908. The van der Waals surface area contributed by atoms with E-state index in [1.165, 1.54) is 19.1 Å². The third kappa shape index (κ3) is 6.03. The number of aryl methyl sites for hydroxylation is 1. The van der Waals surface area contributed by atoms with Crippen LogP contribution in [0.25, 0.3) is 11.8 Å². The third-order valence-electron chi connectivity index (χ3n) is 5.33. The van der Waals surface area contributed by atoms with Gasteiger partial charge in [-0.2, -0.15) is 5.26 Å². The van der Waals surface area contributed by atoms with Gasteiger partial charge in [-0.3, -0.25) is 9.59 Å². The Hall–Kier alpha value is -4.64. The fourth-order valence-corrected chi connectivity index (χ4v) is 3.58. The first-order valence-corrected chi connectivity index (χ1v) is 10.8. The zero-order valence-electron chi connectivity index (χ0n) is 19.9. The molecule has 1 amide bonds. The fraction of sp³-hybridized carbons (Fsp3) is 0.185. The van der Waals surface area contributed by atoms with Gasteiger partial charge >= 0.3 is 5.97 Å². The van der Waals surface area contributed by atoms with Gasteiger partial charge in [0.05, 0.1) is 7.11 Å². The predicted octanol–water partition coefficient (Wildman–Crippen LogP) is 4.39. The molecular formula is C27H25N3O5. The normalized spacial score (nSPS) is 10.9. The number of hydrogen-bond donors (Lipinski definition) is 1. The number of nitriles is 1. The number of nitrogens with one attached hydrogen (secondary N) is 1. The van der Waals surface area contributed by atoms with E-state index in [2.05, 4.69) is 5.32 Å². The molecule has 2 aromatic carbocycles. The number of nitrogens with zero attached hydrogens (tertiary/aromatic N) is 2. The van der Waals surface area contributed by atoms with Gasteiger partial charge in [-0.25, -0.2) is 4.79 Å². The van der Waals surface area contributed by atoms with Gasteiger partial charge in [0.1, 0.15) is 17.4 Å². The summed E-state index contributed by atoms with van der Waals surface area (Å²) in [7, 11) is 1.60. The van der Waals surface area contributed by atoms with Crippen LogP contribution < -0.4 is 10.1 Å². The first kappa shape index (κ1) is 25.0. The predicted molar refractivity (Wildman–Crippen MR) is 131 cm³/mol. The van der Waals surface area contributed by atoms with Gasteiger partial charge in [0, 0.05) is 28.3 Å². The summed E-state index contributed by atoms with van der Waals surface area (Å²) in [6.45, 7) is 4.65. The van der Waals surface area contributed by atoms with Crippen molar-refractivity contribution < 1.29 is 23.9 Å². The molecule has 3 aromatic rings. The van der Waals surface area contributed by atoms with E-state index in [-0.39, 0.29) is 11.4 Å². The molecule has 3 rings (SSSR count). The van der Waals surface area contributed by atoms with Crippen molar-refractivity contribution in [2.24, 2.45) is 0 Å². The maximum absolute atomic E-state index is 12.5. The van der Waals surface area contributed by atoms with Gasteiger partial charge in [-0.05, 0) is 74.9 Å². The van der Waals surface area contributed by atoms with Crippen LogP contribution >= 0.6 is 0 Å². The molecule has 8 heteroatoms. The second-order valence-electron chi connectivity index (χ2n) is 7.79. The molecule has 8 nitrogen and oxygen atoms in total. The second kappa shape index (κ2) is 11.0. The summed E-state index contributed by atoms with van der Waals surface area (Å²) in [5.74, 6) is -0.896. The van der Waals surface area contributed by atoms with E-state index in [9.17, 15) is 19.6 Å². The van der Waals surface area contributed by atoms with Crippen molar-refractivity contribution >= 4 is 29.4 Å². The average Bonchev–Trinajstić information content (AvgIpc) is 3.13. The van der Waals surface area contributed by atoms with E-state index in [4.69, 9.17) is 9.47 Å². The van der Waals surface area contributed by atoms with Crippen LogP contribution in [0.15, 0.2) is 60.2 Å². The van der Waals surface area contributed by atoms with E-state index in [1.807, 2.05) is 54.8 Å². The minimum Gasteiger partial charge on any atom is -0.497 e. The quantitative estimate of drug-likeness (QED) is 0.226. The highest BCUT2D eigenvalue weighted by molar-refractivity contribution is 6.01. The van der Waals surface area contributed by atoms with Crippen LogP contribution in [0, 0.1) is 25.2 Å². The van der Waals surface area contributed by atoms with Crippen molar-refractivity contribution in [2.75, 3.05) is 19.0 Å². The van der Waals surface area contributed by atoms with E-state index < -0.39 is 18.5 Å². The summed E-state index contributed by atoms with van der Waals surface area (Å²) >= 11 is 0. The summed E-state index contributed by atoms with van der Waals surface area (Å²) in [4.78, 5) is 36.1. The Balaban J connectivity index is 1.71. The van der Waals surface area contributed by atoms with Crippen molar-refractivity contribution in [3.63, 3.8) is 0 Å². The van der Waals surface area contributed by atoms with Crippen molar-refractivity contribution in [2.45, 2.75) is 20.8 Å². The van der Waals surface area contributed by atoms with Gasteiger partial charge in [0.15, 0.2) is 12.4 Å². The Bertz CT molecular complexity index is 1340. The molecule has 0 aliphatic carbocycles. The molecule has 0 atom stereocenters. The second-order valence-corrected chi connectivity index (χ2v) is 7.79. The number of amides is 1. The van der Waals surface area contributed by atoms with Crippen LogP contribution in [0.4, 0.5) is 5.69 Å². The third-order valence-corrected chi connectivity index (χ3v) is 5.33. The number of ketones is 1. The highest BCUT2D eigenvalue weighted by atomic mass is 16.5. The number of carbonyl (C=O) groups excluding carboxylic acids is 3. The van der Waals surface area contributed by atoms with Gasteiger partial charge in [0.2, 0.25) is 0 Å². The molecule has 1 N–H and O–H groups in total. The first-order chi connectivity index (χ1) is 16.7. The largest absolute Gasteiger partial charge is 0.497 e. The highest BCUT2D eigenvalue weighted by Crippen LogP contribution is 2.24. The van der Waals surface area contributed by atoms with Crippen LogP contribution in [0.5, 0.6) is 5.75 Å². The number of hydrogen-bond acceptors (Lipinski definition) is 6. The van der Waals surface area contributed by atoms with E-state index in [0.29, 0.717) is 16.8 Å². The summed E-state index contributed by atoms with van der Waals surface area (Å²) in [5, 5.41) is 12.1. The summed E-state index contributed by atoms with van der Waals surface area (Å²) < 4.78 is 12.2. The molecule has 178 valence electrons. The SMILES string of the molecule is COc1ccc(-n2c(C)cc(/C=C(\C#N)C(=O)OCC(=O)Nc3cccc(C(C)=O)c3)c2C)cc1. The molecule has 0 saturated heterocycles. The smallest absolute Gasteiger partial charge is 0.349 e. The molecule has 35 heavy (non-hydrogen) atoms. The number of ether oxygens (including phenoxy) is 2. The van der Waals surface area contributed by atoms with E-state index >= 15 is 0 Å². The van der Waals surface area contributed by atoms with Crippen molar-refractivity contribution in [1.82, 2.24) is 4.57 Å². The Morgan fingerprint density at radius 1 is 1.09 bits per heavy atom. The number of Topliss-reactive ketones (excluding diaryl/α,β-unsaturated/α-hetero) is 1. The van der Waals surface area contributed by atoms with E-state index in [1.54, 1.807) is 25.3 Å². The lowest BCUT2D eigenvalue weighted by atomic mass is 10.1. The molecule has 0 saturated carbocycles. The maximum atomic E-state index is 12.5. The lowest BCUT2D eigenvalue weighted by Crippen LogP contribution is -2.21. The van der Waals surface area contributed by atoms with Crippen LogP contribution in [0.3, 0.4) is 0 Å². The molecule has 1 aromatic heterocycles. The number of aromatic nitrogens is 1. The van der Waals surface area contributed by atoms with Gasteiger partial charge in [-0.1, -0.05) is 12.1 Å². The number of esters is 1. The van der Waals surface area contributed by atoms with E-state index in [0.717, 1.165) is 22.8 Å². The van der Waals surface area contributed by atoms with Gasteiger partial charge in [-0.15, -0.1) is 0 Å². The molecule has 1 heterocycles. The zero-order chi connectivity index (χ0) is 25.5. The monoisotopic (exact) mass is 471 g/mol. The molecule has 0 spiro atoms. The lowest BCUT2D eigenvalue weighted by Gasteiger charge is -2.10. The minimum absolute atomic E-state index is 0.136. The highest BCUT2D eigenvalue weighted by Gasteiger charge is 2.16. The number of rotatable bonds is 8. The molecule has 0 aliphatic heterocycles. The topological polar surface area (TPSA) is 110 Å². The Morgan fingerprint density at radius 2 is 1.80 bits per heavy atom. The lowest BCUT2D eigenvalue weighted by molar-refractivity contribution is -0.142. The Labute approximate surface area is 203 Å². The summed E-state index contributed by atoms with van der Waals surface area (Å²) in [6.07, 6.45) is 1.44. The number of benzene rings is 2. The van der Waals surface area contributed by atoms with Gasteiger partial charge in [0.25, 0.3) is 5.91 Å². The van der Waals surface area contributed by atoms with Crippen LogP contribution in [-0.2, 0) is 14.3 Å². The standard InChI is InChI=1S/C27H25N3O5/c1-17-12-21(18(2)30(17)24-8-10-25(34-4)11-9-24)13-22(15-28)27(33)35-16-26(32)29-23-7-5-6-20(14-23)19(3)31/h5-14H,16H2,1-4H3,(H,29,32)/b22-13+. The number of carbonyl (C=O) groups is 3. The van der Waals surface area contributed by atoms with Crippen LogP contribution in [0.2, 0.25) is 0 Å². The van der Waals surface area contributed by atoms with Gasteiger partial charge < -0.3 is 19.4 Å². The zero-order valence-corrected chi connectivity index (χ0v) is 19.9. The van der Waals surface area contributed by atoms with Crippen molar-refractivity contribution in [1.29, 1.82) is 5.26 Å². The molecule has 0 radical (unpaired) electrons. The molecule has 0 aliphatic rings.